The Hall–Kier alpha value is -1.02. The Bertz CT molecular complexity index is 385. The van der Waals surface area contributed by atoms with E-state index in [0.29, 0.717) is 5.92 Å². The summed E-state index contributed by atoms with van der Waals surface area (Å²) in [5.74, 6) is 1.57. The van der Waals surface area contributed by atoms with Crippen LogP contribution in [-0.2, 0) is 6.54 Å². The lowest BCUT2D eigenvalue weighted by Crippen LogP contribution is -2.13. The summed E-state index contributed by atoms with van der Waals surface area (Å²) in [5.41, 5.74) is 4.03. The molecule has 1 rings (SSSR count). The summed E-state index contributed by atoms with van der Waals surface area (Å²) in [4.78, 5) is 0. The minimum absolute atomic E-state index is 0.498. The molecule has 0 unspecified atom stereocenters. The number of aryl methyl sites for hydroxylation is 1. The van der Waals surface area contributed by atoms with Gasteiger partial charge in [-0.1, -0.05) is 40.2 Å². The van der Waals surface area contributed by atoms with Crippen LogP contribution >= 0.6 is 0 Å². The molecule has 108 valence electrons. The van der Waals surface area contributed by atoms with Gasteiger partial charge in [-0.05, 0) is 48.6 Å². The molecule has 0 amide bonds. The molecular formula is C17H29NO. The molecule has 0 saturated heterocycles. The zero-order valence-electron chi connectivity index (χ0n) is 13.2. The van der Waals surface area contributed by atoms with Crippen LogP contribution in [0, 0.1) is 6.92 Å². The highest BCUT2D eigenvalue weighted by molar-refractivity contribution is 5.44. The van der Waals surface area contributed by atoms with Gasteiger partial charge in [-0.2, -0.15) is 0 Å². The number of unbranched alkanes of at least 4 members (excludes halogenated alkanes) is 1. The van der Waals surface area contributed by atoms with Gasteiger partial charge in [0.05, 0.1) is 6.61 Å². The van der Waals surface area contributed by atoms with Crippen molar-refractivity contribution < 1.29 is 4.74 Å². The Morgan fingerprint density at radius 1 is 1.21 bits per heavy atom. The fourth-order valence-electron chi connectivity index (χ4n) is 2.10. The fraction of sp³-hybridized carbons (Fsp3) is 0.647. The third kappa shape index (κ3) is 4.87. The van der Waals surface area contributed by atoms with Gasteiger partial charge in [0, 0.05) is 6.54 Å². The van der Waals surface area contributed by atoms with E-state index in [1.807, 2.05) is 0 Å². The molecule has 1 N–H and O–H groups in total. The molecule has 0 saturated carbocycles. The van der Waals surface area contributed by atoms with E-state index in [0.717, 1.165) is 31.9 Å². The quantitative estimate of drug-likeness (QED) is 0.702. The number of rotatable bonds is 8. The van der Waals surface area contributed by atoms with E-state index in [1.165, 1.54) is 23.1 Å². The third-order valence-corrected chi connectivity index (χ3v) is 3.41. The monoisotopic (exact) mass is 263 g/mol. The predicted octanol–water partition coefficient (Wildman–Crippen LogP) is 4.41. The average Bonchev–Trinajstić information content (AvgIpc) is 2.37. The molecule has 0 aliphatic heterocycles. The number of benzene rings is 1. The lowest BCUT2D eigenvalue weighted by atomic mass is 9.96. The van der Waals surface area contributed by atoms with Crippen molar-refractivity contribution in [1.82, 2.24) is 5.32 Å². The molecule has 0 atom stereocenters. The van der Waals surface area contributed by atoms with Crippen LogP contribution in [0.25, 0.3) is 0 Å². The highest BCUT2D eigenvalue weighted by Crippen LogP contribution is 2.30. The maximum atomic E-state index is 5.96. The van der Waals surface area contributed by atoms with Crippen LogP contribution in [0.1, 0.15) is 63.1 Å². The summed E-state index contributed by atoms with van der Waals surface area (Å²) in [6.07, 6.45) is 2.30. The van der Waals surface area contributed by atoms with Gasteiger partial charge in [-0.25, -0.2) is 0 Å². The van der Waals surface area contributed by atoms with Crippen LogP contribution in [0.5, 0.6) is 5.75 Å². The van der Waals surface area contributed by atoms with Gasteiger partial charge in [0.15, 0.2) is 0 Å². The third-order valence-electron chi connectivity index (χ3n) is 3.41. The Labute approximate surface area is 118 Å². The summed E-state index contributed by atoms with van der Waals surface area (Å²) in [6, 6.07) is 4.52. The summed E-state index contributed by atoms with van der Waals surface area (Å²) < 4.78 is 5.96. The molecule has 0 radical (unpaired) electrons. The maximum Gasteiger partial charge on any atom is 0.123 e. The molecule has 0 fully saturated rings. The molecule has 2 nitrogen and oxygen atoms in total. The number of ether oxygens (including phenoxy) is 1. The molecular weight excluding hydrogens is 234 g/mol. The van der Waals surface area contributed by atoms with E-state index in [-0.39, 0.29) is 0 Å². The minimum atomic E-state index is 0.498. The van der Waals surface area contributed by atoms with Crippen LogP contribution in [0.15, 0.2) is 12.1 Å². The van der Waals surface area contributed by atoms with Gasteiger partial charge in [0.2, 0.25) is 0 Å². The lowest BCUT2D eigenvalue weighted by molar-refractivity contribution is 0.305. The van der Waals surface area contributed by atoms with Crippen molar-refractivity contribution >= 4 is 0 Å². The van der Waals surface area contributed by atoms with E-state index in [2.05, 4.69) is 52.1 Å². The van der Waals surface area contributed by atoms with Gasteiger partial charge in [0.25, 0.3) is 0 Å². The summed E-state index contributed by atoms with van der Waals surface area (Å²) in [5, 5.41) is 3.40. The van der Waals surface area contributed by atoms with Crippen LogP contribution in [-0.4, -0.2) is 13.2 Å². The smallest absolute Gasteiger partial charge is 0.123 e. The standard InChI is InChI=1S/C17H29NO/c1-6-8-9-19-17-10-14(5)15(12-18-7-2)11-16(17)13(3)4/h10-11,13,18H,6-9,12H2,1-5H3. The van der Waals surface area contributed by atoms with E-state index in [9.17, 15) is 0 Å². The second-order valence-electron chi connectivity index (χ2n) is 5.45. The first kappa shape index (κ1) is 16.0. The number of hydrogen-bond acceptors (Lipinski definition) is 2. The fourth-order valence-corrected chi connectivity index (χ4v) is 2.10. The lowest BCUT2D eigenvalue weighted by Gasteiger charge is -2.18. The molecule has 0 aliphatic carbocycles. The van der Waals surface area contributed by atoms with Crippen molar-refractivity contribution in [3.05, 3.63) is 28.8 Å². The highest BCUT2D eigenvalue weighted by Gasteiger charge is 2.11. The summed E-state index contributed by atoms with van der Waals surface area (Å²) in [7, 11) is 0. The van der Waals surface area contributed by atoms with Gasteiger partial charge < -0.3 is 10.1 Å². The van der Waals surface area contributed by atoms with Crippen LogP contribution in [0.3, 0.4) is 0 Å². The molecule has 19 heavy (non-hydrogen) atoms. The van der Waals surface area contributed by atoms with Crippen molar-refractivity contribution in [3.8, 4) is 5.75 Å². The SMILES string of the molecule is CCCCOc1cc(C)c(CNCC)cc1C(C)C. The first-order valence-electron chi connectivity index (χ1n) is 7.57. The molecule has 0 spiro atoms. The first-order valence-corrected chi connectivity index (χ1v) is 7.57. The molecule has 1 aromatic rings. The van der Waals surface area contributed by atoms with Crippen molar-refractivity contribution in [1.29, 1.82) is 0 Å². The molecule has 0 bridgehead atoms. The van der Waals surface area contributed by atoms with Gasteiger partial charge >= 0.3 is 0 Å². The van der Waals surface area contributed by atoms with Crippen LogP contribution < -0.4 is 10.1 Å². The van der Waals surface area contributed by atoms with Crippen molar-refractivity contribution in [2.24, 2.45) is 0 Å². The van der Waals surface area contributed by atoms with E-state index in [4.69, 9.17) is 4.74 Å². The van der Waals surface area contributed by atoms with Crippen LogP contribution in [0.2, 0.25) is 0 Å². The van der Waals surface area contributed by atoms with Gasteiger partial charge in [-0.3, -0.25) is 0 Å². The minimum Gasteiger partial charge on any atom is -0.493 e. The zero-order valence-corrected chi connectivity index (χ0v) is 13.2. The highest BCUT2D eigenvalue weighted by atomic mass is 16.5. The van der Waals surface area contributed by atoms with Crippen molar-refractivity contribution in [2.75, 3.05) is 13.2 Å². The maximum absolute atomic E-state index is 5.96. The van der Waals surface area contributed by atoms with E-state index >= 15 is 0 Å². The molecule has 0 aliphatic rings. The van der Waals surface area contributed by atoms with E-state index < -0.39 is 0 Å². The van der Waals surface area contributed by atoms with E-state index in [1.54, 1.807) is 0 Å². The average molecular weight is 263 g/mol. The number of hydrogen-bond donors (Lipinski definition) is 1. The predicted molar refractivity (Wildman–Crippen MR) is 83.1 cm³/mol. The van der Waals surface area contributed by atoms with Gasteiger partial charge in [-0.15, -0.1) is 0 Å². The Morgan fingerprint density at radius 3 is 2.53 bits per heavy atom. The Morgan fingerprint density at radius 2 is 1.95 bits per heavy atom. The second-order valence-corrected chi connectivity index (χ2v) is 5.45. The topological polar surface area (TPSA) is 21.3 Å². The molecule has 0 heterocycles. The van der Waals surface area contributed by atoms with Crippen molar-refractivity contribution in [2.45, 2.75) is 59.9 Å². The normalized spacial score (nSPS) is 11.1. The summed E-state index contributed by atoms with van der Waals surface area (Å²) >= 11 is 0. The second kappa shape index (κ2) is 8.21. The number of nitrogens with one attached hydrogen (secondary N) is 1. The summed E-state index contributed by atoms with van der Waals surface area (Å²) in [6.45, 7) is 13.7. The largest absolute Gasteiger partial charge is 0.493 e. The van der Waals surface area contributed by atoms with Crippen molar-refractivity contribution in [3.63, 3.8) is 0 Å². The zero-order chi connectivity index (χ0) is 14.3. The van der Waals surface area contributed by atoms with Gasteiger partial charge in [0.1, 0.15) is 5.75 Å². The molecule has 1 aromatic carbocycles. The van der Waals surface area contributed by atoms with Crippen LogP contribution in [0.4, 0.5) is 0 Å². The Kier molecular flexibility index (Phi) is 6.93. The molecule has 0 aromatic heterocycles. The molecule has 2 heteroatoms. The Balaban J connectivity index is 2.93. The first-order chi connectivity index (χ1) is 9.10.